The van der Waals surface area contributed by atoms with E-state index in [9.17, 15) is 13.2 Å². The van der Waals surface area contributed by atoms with Crippen LogP contribution in [-0.4, -0.2) is 41.9 Å². The maximum Gasteiger partial charge on any atom is 0.244 e. The maximum atomic E-state index is 13.4. The van der Waals surface area contributed by atoms with Crippen LogP contribution in [0, 0.1) is 26.7 Å². The molecule has 3 heterocycles. The van der Waals surface area contributed by atoms with Gasteiger partial charge in [0.1, 0.15) is 0 Å². The molecule has 1 amide bonds. The number of piperidine rings is 1. The van der Waals surface area contributed by atoms with Crippen molar-refractivity contribution in [3.8, 4) is 10.7 Å². The summed E-state index contributed by atoms with van der Waals surface area (Å²) in [4.78, 5) is 18.6. The van der Waals surface area contributed by atoms with Crippen molar-refractivity contribution in [1.82, 2.24) is 14.4 Å². The minimum atomic E-state index is -3.77. The number of halogens is 1. The molecule has 8 nitrogen and oxygen atoms in total. The van der Waals surface area contributed by atoms with Crippen molar-refractivity contribution in [1.29, 1.82) is 0 Å². The van der Waals surface area contributed by atoms with Crippen LogP contribution in [0.3, 0.4) is 0 Å². The number of nitrogens with zero attached hydrogens (tertiary/aromatic N) is 3. The minimum Gasteiger partial charge on any atom is -0.339 e. The number of thiophene rings is 1. The molecular weight excluding hydrogens is 472 g/mol. The van der Waals surface area contributed by atoms with E-state index in [-0.39, 0.29) is 17.3 Å². The molecule has 0 saturated carbocycles. The van der Waals surface area contributed by atoms with E-state index in [4.69, 9.17) is 16.1 Å². The summed E-state index contributed by atoms with van der Waals surface area (Å²) >= 11 is 7.29. The van der Waals surface area contributed by atoms with Crippen LogP contribution in [0.25, 0.3) is 10.7 Å². The molecule has 0 spiro atoms. The first kappa shape index (κ1) is 22.9. The van der Waals surface area contributed by atoms with E-state index in [0.29, 0.717) is 51.6 Å². The predicted octanol–water partition coefficient (Wildman–Crippen LogP) is 4.42. The Bertz CT molecular complexity index is 1270. The third kappa shape index (κ3) is 4.59. The first-order valence-corrected chi connectivity index (χ1v) is 12.8. The Labute approximate surface area is 195 Å². The summed E-state index contributed by atoms with van der Waals surface area (Å²) in [7, 11) is -3.77. The van der Waals surface area contributed by atoms with Gasteiger partial charge in [-0.05, 0) is 56.5 Å². The highest BCUT2D eigenvalue weighted by Gasteiger charge is 2.35. The number of amides is 1. The highest BCUT2D eigenvalue weighted by atomic mass is 35.5. The molecule has 0 bridgehead atoms. The van der Waals surface area contributed by atoms with Gasteiger partial charge in [0.2, 0.25) is 27.6 Å². The van der Waals surface area contributed by atoms with Gasteiger partial charge in [0.15, 0.2) is 0 Å². The van der Waals surface area contributed by atoms with Crippen LogP contribution in [0.4, 0.5) is 5.69 Å². The normalized spacial score (nSPS) is 17.4. The number of benzene rings is 1. The first-order chi connectivity index (χ1) is 15.1. The molecule has 1 aliphatic heterocycles. The smallest absolute Gasteiger partial charge is 0.244 e. The Hall–Kier alpha value is -2.27. The van der Waals surface area contributed by atoms with Crippen molar-refractivity contribution in [2.75, 3.05) is 18.4 Å². The largest absolute Gasteiger partial charge is 0.339 e. The fourth-order valence-electron chi connectivity index (χ4n) is 3.75. The van der Waals surface area contributed by atoms with Gasteiger partial charge in [-0.15, -0.1) is 11.3 Å². The van der Waals surface area contributed by atoms with E-state index >= 15 is 0 Å². The van der Waals surface area contributed by atoms with Crippen LogP contribution >= 0.6 is 22.9 Å². The molecule has 4 rings (SSSR count). The summed E-state index contributed by atoms with van der Waals surface area (Å²) in [6.07, 6.45) is 1.23. The van der Waals surface area contributed by atoms with Crippen molar-refractivity contribution in [2.45, 2.75) is 38.5 Å². The lowest BCUT2D eigenvalue weighted by molar-refractivity contribution is -0.120. The second-order valence-corrected chi connectivity index (χ2v) is 11.4. The molecule has 32 heavy (non-hydrogen) atoms. The average molecular weight is 495 g/mol. The fourth-order valence-corrected chi connectivity index (χ4v) is 6.98. The van der Waals surface area contributed by atoms with Gasteiger partial charge in [-0.1, -0.05) is 16.8 Å². The molecule has 1 saturated heterocycles. The lowest BCUT2D eigenvalue weighted by Gasteiger charge is -2.31. The number of sulfonamides is 1. The molecule has 1 unspecified atom stereocenters. The maximum absolute atomic E-state index is 13.4. The quantitative estimate of drug-likeness (QED) is 0.563. The Morgan fingerprint density at radius 2 is 2.06 bits per heavy atom. The topological polar surface area (TPSA) is 105 Å². The number of carbonyl (C=O) groups is 1. The second kappa shape index (κ2) is 8.93. The van der Waals surface area contributed by atoms with Gasteiger partial charge in [0, 0.05) is 35.6 Å². The molecule has 170 valence electrons. The summed E-state index contributed by atoms with van der Waals surface area (Å²) in [5.74, 6) is 0.148. The number of nitrogens with one attached hydrogen (secondary N) is 1. The van der Waals surface area contributed by atoms with Crippen molar-refractivity contribution >= 4 is 44.6 Å². The number of aryl methyl sites for hydroxylation is 3. The summed E-state index contributed by atoms with van der Waals surface area (Å²) < 4.78 is 33.2. The van der Waals surface area contributed by atoms with Crippen molar-refractivity contribution in [3.05, 3.63) is 45.6 Å². The predicted molar refractivity (Wildman–Crippen MR) is 123 cm³/mol. The van der Waals surface area contributed by atoms with Gasteiger partial charge >= 0.3 is 0 Å². The van der Waals surface area contributed by atoms with Gasteiger partial charge < -0.3 is 9.84 Å². The number of aromatic nitrogens is 2. The van der Waals surface area contributed by atoms with Crippen LogP contribution in [0.2, 0.25) is 5.02 Å². The van der Waals surface area contributed by atoms with Crippen LogP contribution in [0.5, 0.6) is 0 Å². The SMILES string of the molecule is Cc1nc(-c2cc(S(=O)(=O)N3CCCC(C(=O)Nc4ccc(Cl)cc4C)C3)c(C)s2)no1. The number of rotatable bonds is 5. The van der Waals surface area contributed by atoms with Gasteiger partial charge in [0.25, 0.3) is 0 Å². The molecule has 1 aliphatic rings. The summed E-state index contributed by atoms with van der Waals surface area (Å²) in [5.41, 5.74) is 1.53. The Morgan fingerprint density at radius 3 is 2.75 bits per heavy atom. The molecule has 2 aromatic heterocycles. The van der Waals surface area contributed by atoms with Crippen LogP contribution in [0.15, 0.2) is 33.7 Å². The molecule has 1 atom stereocenters. The van der Waals surface area contributed by atoms with Crippen molar-refractivity contribution in [3.63, 3.8) is 0 Å². The molecular formula is C21H23ClN4O4S2. The monoisotopic (exact) mass is 494 g/mol. The van der Waals surface area contributed by atoms with E-state index in [1.807, 2.05) is 6.92 Å². The molecule has 1 fully saturated rings. The number of hydrogen-bond donors (Lipinski definition) is 1. The number of anilines is 1. The molecule has 1 N–H and O–H groups in total. The molecule has 0 aliphatic carbocycles. The van der Waals surface area contributed by atoms with E-state index < -0.39 is 15.9 Å². The molecule has 0 radical (unpaired) electrons. The first-order valence-electron chi connectivity index (χ1n) is 10.1. The van der Waals surface area contributed by atoms with Crippen molar-refractivity contribution < 1.29 is 17.7 Å². The Kier molecular flexibility index (Phi) is 6.39. The third-order valence-corrected chi connectivity index (χ3v) is 8.84. The standard InChI is InChI=1S/C21H23ClN4O4S2/c1-12-9-16(22)6-7-17(12)24-21(27)15-5-4-8-26(11-15)32(28,29)19-10-18(31-13(19)2)20-23-14(3)30-25-20/h6-7,9-10,15H,4-5,8,11H2,1-3H3,(H,24,27). The zero-order chi connectivity index (χ0) is 23.0. The zero-order valence-electron chi connectivity index (χ0n) is 17.9. The highest BCUT2D eigenvalue weighted by molar-refractivity contribution is 7.89. The zero-order valence-corrected chi connectivity index (χ0v) is 20.3. The summed E-state index contributed by atoms with van der Waals surface area (Å²) in [6.45, 7) is 5.80. The minimum absolute atomic E-state index is 0.132. The highest BCUT2D eigenvalue weighted by Crippen LogP contribution is 2.35. The van der Waals surface area contributed by atoms with E-state index in [2.05, 4.69) is 15.5 Å². The third-order valence-electron chi connectivity index (χ3n) is 5.44. The molecule has 1 aromatic carbocycles. The van der Waals surface area contributed by atoms with Crippen molar-refractivity contribution in [2.24, 2.45) is 5.92 Å². The number of hydrogen-bond acceptors (Lipinski definition) is 7. The Morgan fingerprint density at radius 1 is 1.28 bits per heavy atom. The van der Waals surface area contributed by atoms with Gasteiger partial charge in [-0.3, -0.25) is 4.79 Å². The molecule has 11 heteroatoms. The average Bonchev–Trinajstić information content (AvgIpc) is 3.36. The molecule has 3 aromatic rings. The lowest BCUT2D eigenvalue weighted by atomic mass is 9.98. The van der Waals surface area contributed by atoms with Gasteiger partial charge in [-0.25, -0.2) is 8.42 Å². The van der Waals surface area contributed by atoms with Crippen LogP contribution in [-0.2, 0) is 14.8 Å². The van der Waals surface area contributed by atoms with E-state index in [1.165, 1.54) is 15.6 Å². The number of carbonyl (C=O) groups excluding carboxylic acids is 1. The van der Waals surface area contributed by atoms with Gasteiger partial charge in [0.05, 0.1) is 15.7 Å². The van der Waals surface area contributed by atoms with Crippen LogP contribution in [0.1, 0.15) is 29.2 Å². The fraction of sp³-hybridized carbons (Fsp3) is 0.381. The summed E-state index contributed by atoms with van der Waals surface area (Å²) in [6, 6.07) is 6.82. The van der Waals surface area contributed by atoms with E-state index in [1.54, 1.807) is 38.1 Å². The summed E-state index contributed by atoms with van der Waals surface area (Å²) in [5, 5.41) is 7.39. The van der Waals surface area contributed by atoms with Crippen LogP contribution < -0.4 is 5.32 Å². The Balaban J connectivity index is 1.52. The van der Waals surface area contributed by atoms with E-state index in [0.717, 1.165) is 5.56 Å². The lowest BCUT2D eigenvalue weighted by Crippen LogP contribution is -2.43. The second-order valence-electron chi connectivity index (χ2n) is 7.82. The van der Waals surface area contributed by atoms with Gasteiger partial charge in [-0.2, -0.15) is 9.29 Å².